The van der Waals surface area contributed by atoms with Crippen LogP contribution in [0.4, 0.5) is 5.69 Å². The zero-order valence-electron chi connectivity index (χ0n) is 49.7. The molecule has 0 fully saturated rings. The number of fused-ring (bicyclic) bond motifs is 5. The maximum atomic E-state index is 7.54. The Morgan fingerprint density at radius 2 is 1.49 bits per heavy atom. The molecule has 0 saturated carbocycles. The van der Waals surface area contributed by atoms with Gasteiger partial charge in [-0.15, -0.1) is 0 Å². The number of anilines is 1. The van der Waals surface area contributed by atoms with Crippen molar-refractivity contribution < 1.29 is 4.42 Å². The summed E-state index contributed by atoms with van der Waals surface area (Å²) in [6.45, 7) is 46.6. The average Bonchev–Trinajstić information content (AvgIpc) is 3.66. The average molecular weight is 983 g/mol. The summed E-state index contributed by atoms with van der Waals surface area (Å²) in [6, 6.07) is 5.00. The topological polar surface area (TPSA) is 28.4 Å². The lowest BCUT2D eigenvalue weighted by Crippen LogP contribution is -2.53. The van der Waals surface area contributed by atoms with Crippen molar-refractivity contribution in [2.45, 2.75) is 200 Å². The van der Waals surface area contributed by atoms with Gasteiger partial charge >= 0.3 is 0 Å². The van der Waals surface area contributed by atoms with Crippen molar-refractivity contribution in [3.05, 3.63) is 166 Å². The Kier molecular flexibility index (Phi) is 17.9. The third-order valence-electron chi connectivity index (χ3n) is 16.0. The fraction of sp³-hybridized carbons (Fsp3) is 0.536. The van der Waals surface area contributed by atoms with E-state index in [0.717, 1.165) is 54.7 Å². The van der Waals surface area contributed by atoms with Gasteiger partial charge in [0, 0.05) is 23.0 Å². The van der Waals surface area contributed by atoms with Gasteiger partial charge in [0.1, 0.15) is 5.58 Å². The fourth-order valence-electron chi connectivity index (χ4n) is 10.9. The molecule has 1 aliphatic heterocycles. The van der Waals surface area contributed by atoms with Crippen LogP contribution in [-0.2, 0) is 10.8 Å². The van der Waals surface area contributed by atoms with E-state index in [4.69, 9.17) is 4.42 Å². The molecule has 1 aromatic carbocycles. The van der Waals surface area contributed by atoms with Crippen molar-refractivity contribution in [3.63, 3.8) is 0 Å². The van der Waals surface area contributed by atoms with Gasteiger partial charge in [-0.1, -0.05) is 222 Å². The molecule has 394 valence electrons. The fourth-order valence-corrected chi connectivity index (χ4v) is 10.9. The van der Waals surface area contributed by atoms with Crippen molar-refractivity contribution in [3.8, 4) is 0 Å². The van der Waals surface area contributed by atoms with E-state index in [9.17, 15) is 0 Å². The minimum Gasteiger partial charge on any atom is -0.468 e. The number of rotatable bonds is 16. The Bertz CT molecular complexity index is 2670. The first kappa shape index (κ1) is 57.6. The molecule has 0 saturated heterocycles. The number of hydrogen-bond acceptors (Lipinski definition) is 3. The second-order valence-corrected chi connectivity index (χ2v) is 28.3. The molecule has 2 atom stereocenters. The van der Waals surface area contributed by atoms with Crippen LogP contribution >= 0.6 is 0 Å². The lowest BCUT2D eigenvalue weighted by molar-refractivity contribution is 0.293. The normalized spacial score (nSPS) is 21.4. The van der Waals surface area contributed by atoms with Crippen molar-refractivity contribution >= 4 is 29.0 Å². The van der Waals surface area contributed by atoms with E-state index in [1.807, 2.05) is 0 Å². The van der Waals surface area contributed by atoms with Gasteiger partial charge in [-0.25, -0.2) is 0 Å². The molecule has 3 nitrogen and oxygen atoms in total. The molecule has 0 spiro atoms. The smallest absolute Gasteiger partial charge is 0.290 e. The minimum absolute atomic E-state index is 0.0144. The molecule has 6 rings (SSSR count). The van der Waals surface area contributed by atoms with Crippen molar-refractivity contribution in [2.24, 2.45) is 39.4 Å². The van der Waals surface area contributed by atoms with E-state index >= 15 is 0 Å². The van der Waals surface area contributed by atoms with Crippen LogP contribution in [0.25, 0.3) is 11.0 Å². The third kappa shape index (κ3) is 14.8. The molecular formula is C69H99BN2O. The molecule has 73 heavy (non-hydrogen) atoms. The van der Waals surface area contributed by atoms with Gasteiger partial charge in [-0.05, 0) is 160 Å². The molecule has 0 amide bonds. The van der Waals surface area contributed by atoms with Crippen LogP contribution < -0.4 is 15.9 Å². The number of nitrogens with one attached hydrogen (secondary N) is 1. The summed E-state index contributed by atoms with van der Waals surface area (Å²) in [5.41, 5.74) is 14.1. The molecule has 4 aliphatic rings. The Morgan fingerprint density at radius 3 is 2.08 bits per heavy atom. The highest BCUT2D eigenvalue weighted by molar-refractivity contribution is 6.88. The van der Waals surface area contributed by atoms with Gasteiger partial charge in [-0.2, -0.15) is 0 Å². The van der Waals surface area contributed by atoms with E-state index in [-0.39, 0.29) is 45.2 Å². The van der Waals surface area contributed by atoms with Crippen LogP contribution in [0.1, 0.15) is 195 Å². The Balaban J connectivity index is 1.60. The molecule has 0 bridgehead atoms. The van der Waals surface area contributed by atoms with Gasteiger partial charge in [0.25, 0.3) is 6.71 Å². The molecular weight excluding hydrogens is 884 g/mol. The first-order valence-electron chi connectivity index (χ1n) is 28.3. The second kappa shape index (κ2) is 22.6. The molecule has 1 aromatic heterocycles. The molecule has 2 heterocycles. The second-order valence-electron chi connectivity index (χ2n) is 28.3. The van der Waals surface area contributed by atoms with Crippen LogP contribution in [0.5, 0.6) is 0 Å². The number of nitrogens with zero attached hydrogens (tertiary/aromatic N) is 1. The summed E-state index contributed by atoms with van der Waals surface area (Å²) < 4.78 is 7.54. The van der Waals surface area contributed by atoms with Crippen LogP contribution in [0.15, 0.2) is 160 Å². The maximum absolute atomic E-state index is 7.54. The SMILES string of the molecule is C/C=C(\C=C/CC(C)(C)CCC(C)C)B1C2=C(NC(/C=C/C(C)(C)C)=C/C=C/C(C)(C)C)C=CCC2N(/C=C/C=C(\C=C\C2=CCC(C(C)(C)C)C=C2)C(C)C)c2c1oc1cc3c(cc21)C(C)(C)CCC3(C)C. The van der Waals surface area contributed by atoms with E-state index in [1.165, 1.54) is 57.1 Å². The van der Waals surface area contributed by atoms with E-state index in [2.05, 4.69) is 270 Å². The Morgan fingerprint density at radius 1 is 0.822 bits per heavy atom. The van der Waals surface area contributed by atoms with Gasteiger partial charge in [0.05, 0.1) is 17.4 Å². The van der Waals surface area contributed by atoms with Crippen LogP contribution in [0.3, 0.4) is 0 Å². The number of allylic oxidation sites excluding steroid dienone is 19. The van der Waals surface area contributed by atoms with Crippen LogP contribution in [-0.4, -0.2) is 12.8 Å². The summed E-state index contributed by atoms with van der Waals surface area (Å²) in [4.78, 5) is 2.59. The number of hydrogen-bond donors (Lipinski definition) is 1. The van der Waals surface area contributed by atoms with E-state index < -0.39 is 0 Å². The summed E-state index contributed by atoms with van der Waals surface area (Å²) in [7, 11) is 0. The highest BCUT2D eigenvalue weighted by Crippen LogP contribution is 2.50. The maximum Gasteiger partial charge on any atom is 0.290 e. The van der Waals surface area contributed by atoms with Gasteiger partial charge in [0.2, 0.25) is 0 Å². The lowest BCUT2D eigenvalue weighted by Gasteiger charge is -2.43. The predicted molar refractivity (Wildman–Crippen MR) is 324 cm³/mol. The van der Waals surface area contributed by atoms with Gasteiger partial charge in [-0.3, -0.25) is 0 Å². The van der Waals surface area contributed by atoms with Crippen molar-refractivity contribution in [1.29, 1.82) is 0 Å². The van der Waals surface area contributed by atoms with Crippen LogP contribution in [0, 0.1) is 39.4 Å². The first-order valence-corrected chi connectivity index (χ1v) is 28.3. The predicted octanol–water partition coefficient (Wildman–Crippen LogP) is 19.2. The summed E-state index contributed by atoms with van der Waals surface area (Å²) in [6.07, 6.45) is 49.9. The molecule has 1 N–H and O–H groups in total. The Labute approximate surface area is 447 Å². The zero-order chi connectivity index (χ0) is 53.9. The summed E-state index contributed by atoms with van der Waals surface area (Å²) in [5.74, 6) is 1.61. The highest BCUT2D eigenvalue weighted by atomic mass is 16.3. The molecule has 4 heteroatoms. The first-order chi connectivity index (χ1) is 33.9. The quantitative estimate of drug-likeness (QED) is 0.134. The monoisotopic (exact) mass is 983 g/mol. The van der Waals surface area contributed by atoms with Crippen molar-refractivity contribution in [2.75, 3.05) is 4.90 Å². The van der Waals surface area contributed by atoms with E-state index in [1.54, 1.807) is 0 Å². The zero-order valence-corrected chi connectivity index (χ0v) is 49.7. The standard InChI is InChI=1S/C69H99BN2O/c1-21-53(27-23-40-67(15,16)42-37-48(2)3)70-61-58(71-54(38-41-65(9,10)11)28-24-39-64(6,7)8)29-22-30-59(61)72(45-25-26-51(49(4)5)34-31-50-32-35-52(36-33-50)66(12,13)14)62-55-46-56-57(47-60(55)73-63(62)70)69(19,20)44-43-68(56,17)18/h21-29,31-35,38-39,41,45-49,52,59,71H,30,36-37,40,42-44H2,1-20H3/b27-23-,34-31+,39-24+,41-38+,45-25+,51-26+,53-21+,54-28+. The Hall–Kier alpha value is -4.70. The number of furan rings is 1. The lowest BCUT2D eigenvalue weighted by atomic mass is 9.34. The molecule has 2 unspecified atom stereocenters. The number of benzene rings is 1. The third-order valence-corrected chi connectivity index (χ3v) is 16.0. The molecule has 2 aromatic rings. The highest BCUT2D eigenvalue weighted by Gasteiger charge is 2.47. The summed E-state index contributed by atoms with van der Waals surface area (Å²) in [5, 5.41) is 5.28. The van der Waals surface area contributed by atoms with Crippen LogP contribution in [0.2, 0.25) is 0 Å². The van der Waals surface area contributed by atoms with Gasteiger partial charge < -0.3 is 14.6 Å². The van der Waals surface area contributed by atoms with Crippen molar-refractivity contribution in [1.82, 2.24) is 5.32 Å². The minimum atomic E-state index is -0.111. The molecule has 3 aliphatic carbocycles. The summed E-state index contributed by atoms with van der Waals surface area (Å²) >= 11 is 0. The van der Waals surface area contributed by atoms with Gasteiger partial charge in [0.15, 0.2) is 0 Å². The largest absolute Gasteiger partial charge is 0.468 e. The molecule has 0 radical (unpaired) electrons. The van der Waals surface area contributed by atoms with E-state index in [0.29, 0.717) is 17.8 Å².